The standard InChI is InChI=1S/C12H23N3O2S/c1-4-14-12(10-13)6-5-11(9-12)15(2)7-8-18(3,16)17/h11,14H,4-9H2,1-3H3. The lowest BCUT2D eigenvalue weighted by molar-refractivity contribution is 0.249. The second-order valence-electron chi connectivity index (χ2n) is 5.23. The minimum Gasteiger partial charge on any atom is -0.302 e. The summed E-state index contributed by atoms with van der Waals surface area (Å²) < 4.78 is 22.3. The van der Waals surface area contributed by atoms with Crippen molar-refractivity contribution in [1.82, 2.24) is 10.2 Å². The van der Waals surface area contributed by atoms with Gasteiger partial charge in [-0.05, 0) is 32.9 Å². The summed E-state index contributed by atoms with van der Waals surface area (Å²) in [6, 6.07) is 2.68. The van der Waals surface area contributed by atoms with Gasteiger partial charge in [-0.25, -0.2) is 8.42 Å². The summed E-state index contributed by atoms with van der Waals surface area (Å²) in [7, 11) is -0.976. The SMILES string of the molecule is CCNC1(C#N)CCC(N(C)CCS(C)(=O)=O)C1. The Morgan fingerprint density at radius 1 is 1.56 bits per heavy atom. The van der Waals surface area contributed by atoms with Crippen molar-refractivity contribution in [3.63, 3.8) is 0 Å². The van der Waals surface area contributed by atoms with Crippen molar-refractivity contribution >= 4 is 9.84 Å². The molecule has 2 unspecified atom stereocenters. The van der Waals surface area contributed by atoms with Gasteiger partial charge in [0.1, 0.15) is 15.4 Å². The van der Waals surface area contributed by atoms with Crippen molar-refractivity contribution in [3.8, 4) is 6.07 Å². The van der Waals surface area contributed by atoms with Crippen LogP contribution in [0.4, 0.5) is 0 Å². The molecule has 0 saturated heterocycles. The summed E-state index contributed by atoms with van der Waals surface area (Å²) in [4.78, 5) is 2.07. The van der Waals surface area contributed by atoms with Crippen LogP contribution in [0, 0.1) is 11.3 Å². The van der Waals surface area contributed by atoms with Crippen molar-refractivity contribution in [3.05, 3.63) is 0 Å². The van der Waals surface area contributed by atoms with E-state index in [9.17, 15) is 13.7 Å². The van der Waals surface area contributed by atoms with Crippen LogP contribution in [0.3, 0.4) is 0 Å². The molecule has 1 aliphatic carbocycles. The Balaban J connectivity index is 2.53. The Kier molecular flexibility index (Phi) is 5.14. The van der Waals surface area contributed by atoms with Crippen LogP contribution in [0.25, 0.3) is 0 Å². The fraction of sp³-hybridized carbons (Fsp3) is 0.917. The van der Waals surface area contributed by atoms with Gasteiger partial charge in [0.05, 0.1) is 11.8 Å². The maximum atomic E-state index is 11.1. The first kappa shape index (κ1) is 15.4. The average Bonchev–Trinajstić information content (AvgIpc) is 2.70. The molecule has 1 aliphatic rings. The Morgan fingerprint density at radius 2 is 2.22 bits per heavy atom. The molecule has 18 heavy (non-hydrogen) atoms. The number of rotatable bonds is 6. The van der Waals surface area contributed by atoms with E-state index in [2.05, 4.69) is 16.3 Å². The summed E-state index contributed by atoms with van der Waals surface area (Å²) >= 11 is 0. The van der Waals surface area contributed by atoms with E-state index in [1.807, 2.05) is 14.0 Å². The van der Waals surface area contributed by atoms with E-state index in [1.165, 1.54) is 6.26 Å². The van der Waals surface area contributed by atoms with Gasteiger partial charge in [-0.15, -0.1) is 0 Å². The van der Waals surface area contributed by atoms with Gasteiger partial charge in [0, 0.05) is 18.8 Å². The van der Waals surface area contributed by atoms with E-state index in [0.717, 1.165) is 25.8 Å². The van der Waals surface area contributed by atoms with Crippen molar-refractivity contribution in [2.45, 2.75) is 37.8 Å². The van der Waals surface area contributed by atoms with Crippen molar-refractivity contribution < 1.29 is 8.42 Å². The molecule has 0 aromatic rings. The van der Waals surface area contributed by atoms with Crippen molar-refractivity contribution in [2.75, 3.05) is 32.1 Å². The highest BCUT2D eigenvalue weighted by Gasteiger charge is 2.40. The molecule has 0 aromatic carbocycles. The topological polar surface area (TPSA) is 73.2 Å². The molecule has 1 rings (SSSR count). The molecule has 1 saturated carbocycles. The normalized spacial score (nSPS) is 28.5. The lowest BCUT2D eigenvalue weighted by Gasteiger charge is -2.26. The highest BCUT2D eigenvalue weighted by molar-refractivity contribution is 7.90. The van der Waals surface area contributed by atoms with Crippen LogP contribution in [-0.4, -0.2) is 57.0 Å². The Morgan fingerprint density at radius 3 is 2.72 bits per heavy atom. The zero-order valence-corrected chi connectivity index (χ0v) is 12.3. The Hall–Kier alpha value is -0.640. The van der Waals surface area contributed by atoms with Crippen LogP contribution in [0.15, 0.2) is 0 Å². The van der Waals surface area contributed by atoms with Crippen LogP contribution in [-0.2, 0) is 9.84 Å². The first-order chi connectivity index (χ1) is 8.32. The number of sulfone groups is 1. The first-order valence-electron chi connectivity index (χ1n) is 6.36. The van der Waals surface area contributed by atoms with Crippen molar-refractivity contribution in [1.29, 1.82) is 5.26 Å². The number of hydrogen-bond donors (Lipinski definition) is 1. The lowest BCUT2D eigenvalue weighted by Crippen LogP contribution is -2.43. The molecular weight excluding hydrogens is 250 g/mol. The molecule has 1 N–H and O–H groups in total. The smallest absolute Gasteiger partial charge is 0.148 e. The molecule has 0 amide bonds. The van der Waals surface area contributed by atoms with Crippen LogP contribution >= 0.6 is 0 Å². The van der Waals surface area contributed by atoms with Gasteiger partial charge in [0.2, 0.25) is 0 Å². The predicted molar refractivity (Wildman–Crippen MR) is 72.0 cm³/mol. The van der Waals surface area contributed by atoms with Crippen LogP contribution in [0.2, 0.25) is 0 Å². The van der Waals surface area contributed by atoms with E-state index < -0.39 is 15.4 Å². The van der Waals surface area contributed by atoms with Gasteiger partial charge >= 0.3 is 0 Å². The van der Waals surface area contributed by atoms with E-state index in [-0.39, 0.29) is 5.75 Å². The maximum absolute atomic E-state index is 11.1. The zero-order chi connectivity index (χ0) is 13.8. The van der Waals surface area contributed by atoms with Gasteiger partial charge in [-0.3, -0.25) is 5.32 Å². The van der Waals surface area contributed by atoms with E-state index in [0.29, 0.717) is 12.6 Å². The van der Waals surface area contributed by atoms with Crippen LogP contribution in [0.5, 0.6) is 0 Å². The zero-order valence-electron chi connectivity index (χ0n) is 11.4. The first-order valence-corrected chi connectivity index (χ1v) is 8.42. The predicted octanol–water partition coefficient (Wildman–Crippen LogP) is 0.387. The fourth-order valence-electron chi connectivity index (χ4n) is 2.53. The number of nitrogens with one attached hydrogen (secondary N) is 1. The second kappa shape index (κ2) is 6.00. The number of nitriles is 1. The third-order valence-corrected chi connectivity index (χ3v) is 4.58. The minimum absolute atomic E-state index is 0.181. The summed E-state index contributed by atoms with van der Waals surface area (Å²) in [6.45, 7) is 3.32. The minimum atomic E-state index is -2.92. The van der Waals surface area contributed by atoms with Crippen molar-refractivity contribution in [2.24, 2.45) is 0 Å². The third kappa shape index (κ3) is 4.23. The van der Waals surface area contributed by atoms with Crippen LogP contribution in [0.1, 0.15) is 26.2 Å². The monoisotopic (exact) mass is 273 g/mol. The Bertz CT molecular complexity index is 416. The molecule has 0 spiro atoms. The molecule has 104 valence electrons. The lowest BCUT2D eigenvalue weighted by atomic mass is 9.99. The molecule has 1 fully saturated rings. The van der Waals surface area contributed by atoms with Gasteiger partial charge in [0.25, 0.3) is 0 Å². The number of nitrogens with zero attached hydrogens (tertiary/aromatic N) is 2. The quantitative estimate of drug-likeness (QED) is 0.758. The Labute approximate surface area is 110 Å². The fourth-order valence-corrected chi connectivity index (χ4v) is 3.15. The molecule has 2 atom stereocenters. The third-order valence-electron chi connectivity index (χ3n) is 3.66. The highest BCUT2D eigenvalue weighted by atomic mass is 32.2. The second-order valence-corrected chi connectivity index (χ2v) is 7.49. The highest BCUT2D eigenvalue weighted by Crippen LogP contribution is 2.32. The summed E-state index contributed by atoms with van der Waals surface area (Å²) in [5, 5.41) is 12.5. The molecule has 5 nitrogen and oxygen atoms in total. The molecular formula is C12H23N3O2S. The summed E-state index contributed by atoms with van der Waals surface area (Å²) in [5.41, 5.74) is -0.418. The largest absolute Gasteiger partial charge is 0.302 e. The average molecular weight is 273 g/mol. The van der Waals surface area contributed by atoms with E-state index >= 15 is 0 Å². The molecule has 0 bridgehead atoms. The molecule has 6 heteroatoms. The molecule has 0 radical (unpaired) electrons. The van der Waals surface area contributed by atoms with Crippen LogP contribution < -0.4 is 5.32 Å². The maximum Gasteiger partial charge on any atom is 0.148 e. The van der Waals surface area contributed by atoms with Gasteiger partial charge in [-0.1, -0.05) is 6.92 Å². The number of hydrogen-bond acceptors (Lipinski definition) is 5. The molecule has 0 aliphatic heterocycles. The van der Waals surface area contributed by atoms with Gasteiger partial charge < -0.3 is 4.90 Å². The van der Waals surface area contributed by atoms with E-state index in [4.69, 9.17) is 0 Å². The van der Waals surface area contributed by atoms with Gasteiger partial charge in [-0.2, -0.15) is 5.26 Å². The van der Waals surface area contributed by atoms with E-state index in [1.54, 1.807) is 0 Å². The molecule has 0 heterocycles. The summed E-state index contributed by atoms with van der Waals surface area (Å²) in [5.74, 6) is 0.181. The van der Waals surface area contributed by atoms with Gasteiger partial charge in [0.15, 0.2) is 0 Å². The molecule has 0 aromatic heterocycles. The summed E-state index contributed by atoms with van der Waals surface area (Å²) in [6.07, 6.45) is 3.82.